The highest BCUT2D eigenvalue weighted by molar-refractivity contribution is 5.91. The Balaban J connectivity index is 2.56. The maximum atomic E-state index is 12.8. The first-order valence-electron chi connectivity index (χ1n) is 9.32. The Morgan fingerprint density at radius 3 is 2.52 bits per heavy atom. The third kappa shape index (κ3) is 5.37. The number of esters is 1. The molecule has 0 aliphatic carbocycles. The highest BCUT2D eigenvalue weighted by Gasteiger charge is 2.31. The number of aliphatic hydroxyl groups is 1. The molecule has 27 heavy (non-hydrogen) atoms. The maximum Gasteiger partial charge on any atom is 0.342 e. The van der Waals surface area contributed by atoms with Crippen molar-refractivity contribution in [1.29, 1.82) is 0 Å². The summed E-state index contributed by atoms with van der Waals surface area (Å²) >= 11 is 0. The molecule has 2 bridgehead atoms. The Bertz CT molecular complexity index is 795. The van der Waals surface area contributed by atoms with Crippen LogP contribution in [0.1, 0.15) is 75.3 Å². The molecule has 0 aromatic carbocycles. The molecule has 4 nitrogen and oxygen atoms in total. The van der Waals surface area contributed by atoms with Gasteiger partial charge in [0.15, 0.2) is 0 Å². The topological polar surface area (TPSA) is 59.7 Å². The summed E-state index contributed by atoms with van der Waals surface area (Å²) < 4.78 is 11.6. The molecule has 2 rings (SSSR count). The molecule has 0 amide bonds. The van der Waals surface area contributed by atoms with Crippen LogP contribution < -0.4 is 0 Å². The zero-order chi connectivity index (χ0) is 20.4. The Hall–Kier alpha value is -2.25. The fraction of sp³-hybridized carbons (Fsp3) is 0.522. The molecule has 0 saturated carbocycles. The Morgan fingerprint density at radius 1 is 1.30 bits per heavy atom. The number of hydrogen-bond acceptors (Lipinski definition) is 4. The van der Waals surface area contributed by atoms with E-state index in [4.69, 9.17) is 9.15 Å². The zero-order valence-electron chi connectivity index (χ0n) is 17.0. The van der Waals surface area contributed by atoms with E-state index in [-0.39, 0.29) is 5.92 Å². The van der Waals surface area contributed by atoms with E-state index < -0.39 is 23.6 Å². The molecule has 1 aromatic heterocycles. The quantitative estimate of drug-likeness (QED) is 0.472. The first-order chi connectivity index (χ1) is 12.5. The molecule has 3 atom stereocenters. The Morgan fingerprint density at radius 2 is 1.96 bits per heavy atom. The van der Waals surface area contributed by atoms with Crippen LogP contribution in [0.25, 0.3) is 0 Å². The fourth-order valence-corrected chi connectivity index (χ4v) is 3.18. The molecule has 1 aliphatic rings. The monoisotopic (exact) mass is 370 g/mol. The molecule has 0 radical (unpaired) electrons. The van der Waals surface area contributed by atoms with Gasteiger partial charge in [-0.05, 0) is 53.0 Å². The molecule has 1 aromatic rings. The lowest BCUT2D eigenvalue weighted by molar-refractivity contribution is 0.00670. The van der Waals surface area contributed by atoms with Gasteiger partial charge in [-0.1, -0.05) is 30.2 Å². The van der Waals surface area contributed by atoms with Crippen molar-refractivity contribution in [3.05, 3.63) is 47.5 Å². The minimum atomic E-state index is -0.936. The van der Waals surface area contributed by atoms with E-state index in [1.807, 2.05) is 34.6 Å². The van der Waals surface area contributed by atoms with Gasteiger partial charge in [-0.15, -0.1) is 5.92 Å². The fourth-order valence-electron chi connectivity index (χ4n) is 3.18. The van der Waals surface area contributed by atoms with Crippen molar-refractivity contribution in [2.75, 3.05) is 0 Å². The number of allylic oxidation sites excluding steroid dienone is 1. The minimum absolute atomic E-state index is 0.137. The van der Waals surface area contributed by atoms with Crippen LogP contribution in [-0.4, -0.2) is 22.8 Å². The van der Waals surface area contributed by atoms with Crippen molar-refractivity contribution in [3.8, 4) is 11.8 Å². The van der Waals surface area contributed by atoms with E-state index in [1.165, 1.54) is 0 Å². The smallest absolute Gasteiger partial charge is 0.342 e. The lowest BCUT2D eigenvalue weighted by Gasteiger charge is -2.20. The normalized spacial score (nSPS) is 22.8. The second kappa shape index (κ2) is 8.19. The second-order valence-corrected chi connectivity index (χ2v) is 8.36. The highest BCUT2D eigenvalue weighted by atomic mass is 16.6. The summed E-state index contributed by atoms with van der Waals surface area (Å²) in [6, 6.07) is 1.67. The number of carbonyl (C=O) groups is 1. The average Bonchev–Trinajstić information content (AvgIpc) is 2.89. The van der Waals surface area contributed by atoms with Gasteiger partial charge in [-0.2, -0.15) is 0 Å². The lowest BCUT2D eigenvalue weighted by Crippen LogP contribution is -2.24. The van der Waals surface area contributed by atoms with Crippen LogP contribution >= 0.6 is 0 Å². The van der Waals surface area contributed by atoms with E-state index in [1.54, 1.807) is 6.07 Å². The van der Waals surface area contributed by atoms with Gasteiger partial charge >= 0.3 is 5.97 Å². The van der Waals surface area contributed by atoms with Crippen molar-refractivity contribution >= 4 is 5.97 Å². The van der Waals surface area contributed by atoms with Crippen molar-refractivity contribution in [3.63, 3.8) is 0 Å². The van der Waals surface area contributed by atoms with Gasteiger partial charge in [0, 0.05) is 12.8 Å². The standard InChI is InChI=1S/C23H30O4/c1-14(2)16-10-8-9-11-18(24)21(15(3)4)20-13-17(19(12-16)26-20)22(25)27-23(5,6)7/h13,16,18,21,24H,1,3,8,10,12H2,2,4-7H3/t16-,18-,21+/m1/s1. The molecule has 0 fully saturated rings. The Labute approximate surface area is 162 Å². The largest absolute Gasteiger partial charge is 0.464 e. The molecule has 4 heteroatoms. The number of furan rings is 1. The molecule has 0 saturated heterocycles. The predicted octanol–water partition coefficient (Wildman–Crippen LogP) is 4.79. The van der Waals surface area contributed by atoms with Crippen molar-refractivity contribution < 1.29 is 19.1 Å². The van der Waals surface area contributed by atoms with Gasteiger partial charge in [-0.25, -0.2) is 4.79 Å². The number of rotatable bonds is 3. The molecule has 2 heterocycles. The van der Waals surface area contributed by atoms with Gasteiger partial charge in [0.2, 0.25) is 0 Å². The maximum absolute atomic E-state index is 12.8. The van der Waals surface area contributed by atoms with Crippen LogP contribution in [0.2, 0.25) is 0 Å². The number of hydrogen-bond donors (Lipinski definition) is 1. The SMILES string of the molecule is C=C(C)[C@@H]1CCC#C[C@@H](O)[C@H](C(=C)C)c2cc(C(=O)OC(C)(C)C)c(o2)C1. The summed E-state index contributed by atoms with van der Waals surface area (Å²) in [5, 5.41) is 10.6. The molecular weight excluding hydrogens is 340 g/mol. The van der Waals surface area contributed by atoms with Crippen molar-refractivity contribution in [2.45, 2.75) is 71.5 Å². The average molecular weight is 370 g/mol. The second-order valence-electron chi connectivity index (χ2n) is 8.36. The lowest BCUT2D eigenvalue weighted by atomic mass is 9.89. The van der Waals surface area contributed by atoms with Crippen LogP contribution in [0.5, 0.6) is 0 Å². The third-order valence-electron chi connectivity index (χ3n) is 4.60. The molecular formula is C23H30O4. The van der Waals surface area contributed by atoms with Gasteiger partial charge < -0.3 is 14.3 Å². The number of aliphatic hydroxyl groups excluding tert-OH is 1. The predicted molar refractivity (Wildman–Crippen MR) is 106 cm³/mol. The van der Waals surface area contributed by atoms with Crippen LogP contribution in [0.15, 0.2) is 34.8 Å². The first kappa shape index (κ1) is 21.1. The molecule has 0 spiro atoms. The highest BCUT2D eigenvalue weighted by Crippen LogP contribution is 2.34. The van der Waals surface area contributed by atoms with Crippen molar-refractivity contribution in [1.82, 2.24) is 0 Å². The molecule has 0 unspecified atom stereocenters. The summed E-state index contributed by atoms with van der Waals surface area (Å²) in [6.07, 6.45) is 1.04. The van der Waals surface area contributed by atoms with Crippen LogP contribution in [0, 0.1) is 17.8 Å². The summed E-state index contributed by atoms with van der Waals surface area (Å²) in [5.74, 6) is 6.22. The van der Waals surface area contributed by atoms with Crippen LogP contribution in [0.3, 0.4) is 0 Å². The van der Waals surface area contributed by atoms with Gasteiger partial charge in [0.05, 0.1) is 5.92 Å². The molecule has 1 aliphatic heterocycles. The zero-order valence-corrected chi connectivity index (χ0v) is 17.0. The molecule has 1 N–H and O–H groups in total. The van der Waals surface area contributed by atoms with Gasteiger partial charge in [0.1, 0.15) is 28.8 Å². The summed E-state index contributed by atoms with van der Waals surface area (Å²) in [6.45, 7) is 17.3. The van der Waals surface area contributed by atoms with Crippen molar-refractivity contribution in [2.24, 2.45) is 5.92 Å². The summed E-state index contributed by atoms with van der Waals surface area (Å²) in [7, 11) is 0. The molecule has 146 valence electrons. The number of ether oxygens (including phenoxy) is 1. The van der Waals surface area contributed by atoms with Crippen LogP contribution in [0.4, 0.5) is 0 Å². The first-order valence-corrected chi connectivity index (χ1v) is 9.32. The van der Waals surface area contributed by atoms with Crippen LogP contribution in [-0.2, 0) is 11.2 Å². The van der Waals surface area contributed by atoms with Gasteiger partial charge in [-0.3, -0.25) is 0 Å². The van der Waals surface area contributed by atoms with E-state index in [0.29, 0.717) is 29.9 Å². The minimum Gasteiger partial charge on any atom is -0.464 e. The van der Waals surface area contributed by atoms with E-state index in [2.05, 4.69) is 25.0 Å². The van der Waals surface area contributed by atoms with E-state index in [9.17, 15) is 9.90 Å². The number of fused-ring (bicyclic) bond motifs is 2. The summed E-state index contributed by atoms with van der Waals surface area (Å²) in [4.78, 5) is 12.8. The Kier molecular flexibility index (Phi) is 6.38. The van der Waals surface area contributed by atoms with E-state index >= 15 is 0 Å². The van der Waals surface area contributed by atoms with E-state index in [0.717, 1.165) is 17.6 Å². The third-order valence-corrected chi connectivity index (χ3v) is 4.60. The summed E-state index contributed by atoms with van der Waals surface area (Å²) in [5.41, 5.74) is 1.53. The number of carbonyl (C=O) groups excluding carboxylic acids is 1. The van der Waals surface area contributed by atoms with Gasteiger partial charge in [0.25, 0.3) is 0 Å².